The highest BCUT2D eigenvalue weighted by Crippen LogP contribution is 2.27. The summed E-state index contributed by atoms with van der Waals surface area (Å²) in [6.07, 6.45) is 0.0582. The zero-order valence-electron chi connectivity index (χ0n) is 11.5. The van der Waals surface area contributed by atoms with Gasteiger partial charge in [0, 0.05) is 19.0 Å². The van der Waals surface area contributed by atoms with Crippen LogP contribution in [-0.2, 0) is 4.79 Å². The minimum atomic E-state index is -4.43. The van der Waals surface area contributed by atoms with Gasteiger partial charge in [-0.15, -0.1) is 0 Å². The van der Waals surface area contributed by atoms with E-state index in [1.807, 2.05) is 0 Å². The maximum atomic E-state index is 12.3. The van der Waals surface area contributed by atoms with Crippen molar-refractivity contribution >= 4 is 5.91 Å². The molecule has 0 heterocycles. The lowest BCUT2D eigenvalue weighted by Gasteiger charge is -2.28. The van der Waals surface area contributed by atoms with Crippen LogP contribution < -0.4 is 5.73 Å². The van der Waals surface area contributed by atoms with Crippen LogP contribution in [0.3, 0.4) is 0 Å². The van der Waals surface area contributed by atoms with Crippen LogP contribution in [0.4, 0.5) is 13.2 Å². The van der Waals surface area contributed by atoms with E-state index < -0.39 is 25.2 Å². The van der Waals surface area contributed by atoms with Gasteiger partial charge in [-0.1, -0.05) is 12.8 Å². The first-order chi connectivity index (χ1) is 9.31. The minimum Gasteiger partial charge on any atom is -0.395 e. The van der Waals surface area contributed by atoms with E-state index in [1.54, 1.807) is 0 Å². The van der Waals surface area contributed by atoms with Crippen LogP contribution in [0, 0.1) is 5.92 Å². The van der Waals surface area contributed by atoms with Gasteiger partial charge in [-0.2, -0.15) is 13.2 Å². The molecule has 1 aliphatic carbocycles. The molecule has 1 fully saturated rings. The SMILES string of the molecule is NC1CCCC(CCC(=O)N(CCO)CC(F)(F)F)C1. The lowest BCUT2D eigenvalue weighted by molar-refractivity contribution is -0.162. The van der Waals surface area contributed by atoms with E-state index >= 15 is 0 Å². The Morgan fingerprint density at radius 2 is 2.05 bits per heavy atom. The van der Waals surface area contributed by atoms with Gasteiger partial charge in [0.2, 0.25) is 5.91 Å². The lowest BCUT2D eigenvalue weighted by Crippen LogP contribution is -2.40. The first-order valence-electron chi connectivity index (χ1n) is 7.03. The van der Waals surface area contributed by atoms with E-state index in [9.17, 15) is 18.0 Å². The minimum absolute atomic E-state index is 0.0907. The molecule has 0 aliphatic heterocycles. The van der Waals surface area contributed by atoms with Crippen molar-refractivity contribution in [3.05, 3.63) is 0 Å². The summed E-state index contributed by atoms with van der Waals surface area (Å²) < 4.78 is 37.0. The molecule has 0 bridgehead atoms. The number of amides is 1. The molecule has 1 amide bonds. The van der Waals surface area contributed by atoms with Gasteiger partial charge in [0.05, 0.1) is 6.61 Å². The van der Waals surface area contributed by atoms with E-state index in [-0.39, 0.29) is 19.0 Å². The average molecular weight is 296 g/mol. The summed E-state index contributed by atoms with van der Waals surface area (Å²) in [5.74, 6) is -0.222. The van der Waals surface area contributed by atoms with Gasteiger partial charge in [-0.05, 0) is 25.2 Å². The standard InChI is InChI=1S/C13H23F3N2O2/c14-13(15,16)9-18(6-7-19)12(20)5-4-10-2-1-3-11(17)8-10/h10-11,19H,1-9,17H2. The fourth-order valence-electron chi connectivity index (χ4n) is 2.71. The first-order valence-corrected chi connectivity index (χ1v) is 7.03. The number of hydrogen-bond acceptors (Lipinski definition) is 3. The Balaban J connectivity index is 2.41. The monoisotopic (exact) mass is 296 g/mol. The topological polar surface area (TPSA) is 66.6 Å². The van der Waals surface area contributed by atoms with Crippen LogP contribution in [-0.4, -0.2) is 47.8 Å². The number of nitrogens with two attached hydrogens (primary N) is 1. The molecule has 0 aromatic heterocycles. The Kier molecular flexibility index (Phi) is 6.75. The summed E-state index contributed by atoms with van der Waals surface area (Å²) in [4.78, 5) is 12.5. The third-order valence-electron chi connectivity index (χ3n) is 3.68. The van der Waals surface area contributed by atoms with Crippen LogP contribution in [0.15, 0.2) is 0 Å². The molecule has 4 nitrogen and oxygen atoms in total. The molecule has 1 rings (SSSR count). The Morgan fingerprint density at radius 1 is 1.35 bits per heavy atom. The Hall–Kier alpha value is -0.820. The Labute approximate surface area is 117 Å². The van der Waals surface area contributed by atoms with Crippen molar-refractivity contribution in [3.63, 3.8) is 0 Å². The van der Waals surface area contributed by atoms with Crippen LogP contribution in [0.25, 0.3) is 0 Å². The van der Waals surface area contributed by atoms with Gasteiger partial charge in [-0.25, -0.2) is 0 Å². The molecule has 118 valence electrons. The van der Waals surface area contributed by atoms with E-state index in [4.69, 9.17) is 10.8 Å². The quantitative estimate of drug-likeness (QED) is 0.783. The van der Waals surface area contributed by atoms with Gasteiger partial charge >= 0.3 is 6.18 Å². The number of carbonyl (C=O) groups excluding carboxylic acids is 1. The summed E-state index contributed by atoms with van der Waals surface area (Å²) in [5, 5.41) is 8.76. The maximum absolute atomic E-state index is 12.3. The molecular weight excluding hydrogens is 273 g/mol. The summed E-state index contributed by atoms with van der Waals surface area (Å²) in [6, 6.07) is 0.146. The molecule has 2 atom stereocenters. The number of aliphatic hydroxyl groups excluding tert-OH is 1. The molecule has 0 spiro atoms. The van der Waals surface area contributed by atoms with Crippen LogP contribution in [0.1, 0.15) is 38.5 Å². The molecule has 0 aromatic carbocycles. The summed E-state index contributed by atoms with van der Waals surface area (Å²) in [6.45, 7) is -2.03. The van der Waals surface area contributed by atoms with Crippen molar-refractivity contribution in [2.45, 2.75) is 50.7 Å². The van der Waals surface area contributed by atoms with E-state index in [1.165, 1.54) is 0 Å². The maximum Gasteiger partial charge on any atom is 0.406 e. The first kappa shape index (κ1) is 17.2. The van der Waals surface area contributed by atoms with Gasteiger partial charge in [0.1, 0.15) is 6.54 Å². The van der Waals surface area contributed by atoms with Gasteiger partial charge < -0.3 is 15.7 Å². The fraction of sp³-hybridized carbons (Fsp3) is 0.923. The third-order valence-corrected chi connectivity index (χ3v) is 3.68. The summed E-state index contributed by atoms with van der Waals surface area (Å²) in [7, 11) is 0. The molecule has 3 N–H and O–H groups in total. The largest absolute Gasteiger partial charge is 0.406 e. The molecule has 1 aliphatic rings. The third kappa shape index (κ3) is 6.56. The number of rotatable bonds is 6. The predicted octanol–water partition coefficient (Wildman–Crippen LogP) is 1.67. The predicted molar refractivity (Wildman–Crippen MR) is 68.9 cm³/mol. The van der Waals surface area contributed by atoms with E-state index in [0.29, 0.717) is 17.2 Å². The van der Waals surface area contributed by atoms with Crippen molar-refractivity contribution in [1.82, 2.24) is 4.90 Å². The molecular formula is C13H23F3N2O2. The fourth-order valence-corrected chi connectivity index (χ4v) is 2.71. The molecule has 2 unspecified atom stereocenters. The second-order valence-corrected chi connectivity index (χ2v) is 5.49. The summed E-state index contributed by atoms with van der Waals surface area (Å²) >= 11 is 0. The van der Waals surface area contributed by atoms with Crippen molar-refractivity contribution < 1.29 is 23.1 Å². The smallest absolute Gasteiger partial charge is 0.395 e. The summed E-state index contributed by atoms with van der Waals surface area (Å²) in [5.41, 5.74) is 5.85. The van der Waals surface area contributed by atoms with E-state index in [0.717, 1.165) is 25.7 Å². The average Bonchev–Trinajstić information content (AvgIpc) is 2.34. The molecule has 7 heteroatoms. The Bertz CT molecular complexity index is 310. The second kappa shape index (κ2) is 7.83. The normalized spacial score (nSPS) is 23.6. The van der Waals surface area contributed by atoms with E-state index in [2.05, 4.69) is 0 Å². The number of carbonyl (C=O) groups is 1. The van der Waals surface area contributed by atoms with Crippen molar-refractivity contribution in [2.75, 3.05) is 19.7 Å². The number of alkyl halides is 3. The number of halogens is 3. The number of hydrogen-bond donors (Lipinski definition) is 2. The van der Waals surface area contributed by atoms with Crippen LogP contribution in [0.5, 0.6) is 0 Å². The molecule has 0 aromatic rings. The van der Waals surface area contributed by atoms with Crippen molar-refractivity contribution in [2.24, 2.45) is 11.7 Å². The highest BCUT2D eigenvalue weighted by molar-refractivity contribution is 5.76. The van der Waals surface area contributed by atoms with Gasteiger partial charge in [0.15, 0.2) is 0 Å². The molecule has 20 heavy (non-hydrogen) atoms. The van der Waals surface area contributed by atoms with Crippen LogP contribution >= 0.6 is 0 Å². The zero-order valence-corrected chi connectivity index (χ0v) is 11.5. The van der Waals surface area contributed by atoms with Crippen molar-refractivity contribution in [1.29, 1.82) is 0 Å². The highest BCUT2D eigenvalue weighted by atomic mass is 19.4. The molecule has 0 saturated heterocycles. The lowest BCUT2D eigenvalue weighted by atomic mass is 9.83. The van der Waals surface area contributed by atoms with Gasteiger partial charge in [0.25, 0.3) is 0 Å². The zero-order chi connectivity index (χ0) is 15.2. The molecule has 1 saturated carbocycles. The number of aliphatic hydroxyl groups is 1. The van der Waals surface area contributed by atoms with Crippen LogP contribution in [0.2, 0.25) is 0 Å². The number of nitrogens with zero attached hydrogens (tertiary/aromatic N) is 1. The highest BCUT2D eigenvalue weighted by Gasteiger charge is 2.32. The molecule has 0 radical (unpaired) electrons. The van der Waals surface area contributed by atoms with Gasteiger partial charge in [-0.3, -0.25) is 4.79 Å². The Morgan fingerprint density at radius 3 is 2.60 bits per heavy atom. The second-order valence-electron chi connectivity index (χ2n) is 5.49. The van der Waals surface area contributed by atoms with Crippen molar-refractivity contribution in [3.8, 4) is 0 Å².